The quantitative estimate of drug-likeness (QED) is 0.848. The van der Waals surface area contributed by atoms with E-state index in [1.54, 1.807) is 0 Å². The van der Waals surface area contributed by atoms with Crippen LogP contribution < -0.4 is 5.32 Å². The minimum absolute atomic E-state index is 0.0988. The normalized spacial score (nSPS) is 16.1. The first kappa shape index (κ1) is 16.3. The van der Waals surface area contributed by atoms with Crippen LogP contribution in [0.4, 0.5) is 13.2 Å². The van der Waals surface area contributed by atoms with Gasteiger partial charge in [0.15, 0.2) is 0 Å². The van der Waals surface area contributed by atoms with Crippen LogP contribution in [0.25, 0.3) is 0 Å². The van der Waals surface area contributed by atoms with Gasteiger partial charge in [-0.05, 0) is 30.5 Å². The molecule has 0 aliphatic heterocycles. The Morgan fingerprint density at radius 1 is 1.14 bits per heavy atom. The van der Waals surface area contributed by atoms with E-state index in [0.29, 0.717) is 6.54 Å². The number of nitrogens with one attached hydrogen (secondary N) is 1. The molecular formula is C15H16F3NO3. The van der Waals surface area contributed by atoms with Gasteiger partial charge in [0, 0.05) is 18.4 Å². The first-order chi connectivity index (χ1) is 10.2. The van der Waals surface area contributed by atoms with Crippen LogP contribution in [0.2, 0.25) is 0 Å². The van der Waals surface area contributed by atoms with E-state index in [0.717, 1.165) is 30.5 Å². The Kier molecular flexibility index (Phi) is 4.44. The Hall–Kier alpha value is -2.05. The van der Waals surface area contributed by atoms with E-state index < -0.39 is 17.7 Å². The molecule has 0 unspecified atom stereocenters. The third kappa shape index (κ3) is 3.99. The molecule has 1 aromatic rings. The molecule has 2 rings (SSSR count). The van der Waals surface area contributed by atoms with Gasteiger partial charge in [-0.2, -0.15) is 13.2 Å². The molecule has 1 amide bonds. The van der Waals surface area contributed by atoms with Crippen molar-refractivity contribution in [1.82, 2.24) is 5.32 Å². The van der Waals surface area contributed by atoms with E-state index in [1.807, 2.05) is 0 Å². The molecule has 22 heavy (non-hydrogen) atoms. The van der Waals surface area contributed by atoms with Gasteiger partial charge in [-0.3, -0.25) is 9.59 Å². The van der Waals surface area contributed by atoms with E-state index in [1.165, 1.54) is 12.1 Å². The highest BCUT2D eigenvalue weighted by molar-refractivity contribution is 5.80. The number of benzene rings is 1. The number of rotatable bonds is 6. The zero-order valence-electron chi connectivity index (χ0n) is 11.7. The number of carbonyl (C=O) groups excluding carboxylic acids is 1. The largest absolute Gasteiger partial charge is 0.481 e. The number of amides is 1. The third-order valence-corrected chi connectivity index (χ3v) is 3.87. The Labute approximate surface area is 125 Å². The molecule has 0 bridgehead atoms. The van der Waals surface area contributed by atoms with Gasteiger partial charge in [-0.15, -0.1) is 0 Å². The van der Waals surface area contributed by atoms with Crippen molar-refractivity contribution in [3.63, 3.8) is 0 Å². The van der Waals surface area contributed by atoms with Crippen LogP contribution in [-0.4, -0.2) is 23.5 Å². The van der Waals surface area contributed by atoms with Crippen molar-refractivity contribution < 1.29 is 27.9 Å². The van der Waals surface area contributed by atoms with Crippen molar-refractivity contribution in [3.05, 3.63) is 35.4 Å². The number of alkyl halides is 3. The van der Waals surface area contributed by atoms with Gasteiger partial charge in [0.25, 0.3) is 0 Å². The van der Waals surface area contributed by atoms with Crippen molar-refractivity contribution in [2.24, 2.45) is 0 Å². The summed E-state index contributed by atoms with van der Waals surface area (Å²) in [5.41, 5.74) is -0.250. The van der Waals surface area contributed by atoms with Crippen molar-refractivity contribution in [3.8, 4) is 0 Å². The van der Waals surface area contributed by atoms with Crippen LogP contribution in [0, 0.1) is 0 Å². The molecule has 1 aliphatic carbocycles. The second-order valence-corrected chi connectivity index (χ2v) is 5.53. The minimum Gasteiger partial charge on any atom is -0.481 e. The first-order valence-corrected chi connectivity index (χ1v) is 6.89. The summed E-state index contributed by atoms with van der Waals surface area (Å²) in [4.78, 5) is 21.9. The summed E-state index contributed by atoms with van der Waals surface area (Å²) in [7, 11) is 0. The molecule has 120 valence electrons. The highest BCUT2D eigenvalue weighted by atomic mass is 19.4. The number of hydrogen-bond acceptors (Lipinski definition) is 2. The SMILES string of the molecule is O=C(O)CCC(=O)NCC1(c2ccc(C(F)(F)F)cc2)CC1. The number of carboxylic acids is 1. The molecule has 7 heteroatoms. The van der Waals surface area contributed by atoms with Crippen molar-refractivity contribution in [1.29, 1.82) is 0 Å². The lowest BCUT2D eigenvalue weighted by molar-refractivity contribution is -0.139. The van der Waals surface area contributed by atoms with Crippen LogP contribution in [0.15, 0.2) is 24.3 Å². The Morgan fingerprint density at radius 2 is 1.73 bits per heavy atom. The van der Waals surface area contributed by atoms with E-state index in [2.05, 4.69) is 5.32 Å². The van der Waals surface area contributed by atoms with Gasteiger partial charge in [-0.25, -0.2) is 0 Å². The van der Waals surface area contributed by atoms with Crippen LogP contribution >= 0.6 is 0 Å². The molecule has 0 aromatic heterocycles. The van der Waals surface area contributed by atoms with Crippen LogP contribution in [0.5, 0.6) is 0 Å². The standard InChI is InChI=1S/C15H16F3NO3/c16-15(17,18)11-3-1-10(2-4-11)14(7-8-14)9-19-12(20)5-6-13(21)22/h1-4H,5-9H2,(H,19,20)(H,21,22). The molecule has 0 heterocycles. The van der Waals surface area contributed by atoms with E-state index >= 15 is 0 Å². The molecule has 0 saturated heterocycles. The van der Waals surface area contributed by atoms with Gasteiger partial charge >= 0.3 is 12.1 Å². The van der Waals surface area contributed by atoms with Crippen LogP contribution in [-0.2, 0) is 21.2 Å². The van der Waals surface area contributed by atoms with Crippen molar-refractivity contribution in [2.45, 2.75) is 37.3 Å². The lowest BCUT2D eigenvalue weighted by atomic mass is 9.94. The second kappa shape index (κ2) is 5.98. The molecule has 4 nitrogen and oxygen atoms in total. The summed E-state index contributed by atoms with van der Waals surface area (Å²) >= 11 is 0. The molecule has 1 fully saturated rings. The van der Waals surface area contributed by atoms with E-state index in [4.69, 9.17) is 5.11 Å². The topological polar surface area (TPSA) is 66.4 Å². The second-order valence-electron chi connectivity index (χ2n) is 5.53. The third-order valence-electron chi connectivity index (χ3n) is 3.87. The van der Waals surface area contributed by atoms with Crippen LogP contribution in [0.3, 0.4) is 0 Å². The number of hydrogen-bond donors (Lipinski definition) is 2. The lowest BCUT2D eigenvalue weighted by Gasteiger charge is -2.17. The smallest absolute Gasteiger partial charge is 0.416 e. The zero-order valence-corrected chi connectivity index (χ0v) is 11.7. The van der Waals surface area contributed by atoms with Gasteiger partial charge in [0.1, 0.15) is 0 Å². The molecule has 1 saturated carbocycles. The van der Waals surface area contributed by atoms with E-state index in [9.17, 15) is 22.8 Å². The van der Waals surface area contributed by atoms with Crippen molar-refractivity contribution in [2.75, 3.05) is 6.54 Å². The Morgan fingerprint density at radius 3 is 2.18 bits per heavy atom. The van der Waals surface area contributed by atoms with E-state index in [-0.39, 0.29) is 24.2 Å². The molecule has 0 radical (unpaired) electrons. The Bertz CT molecular complexity index is 562. The first-order valence-electron chi connectivity index (χ1n) is 6.89. The zero-order chi connectivity index (χ0) is 16.4. The fraction of sp³-hybridized carbons (Fsp3) is 0.467. The average Bonchev–Trinajstić information content (AvgIpc) is 3.23. The summed E-state index contributed by atoms with van der Waals surface area (Å²) in [5.74, 6) is -1.40. The molecule has 2 N–H and O–H groups in total. The van der Waals surface area contributed by atoms with Gasteiger partial charge in [0.05, 0.1) is 12.0 Å². The monoisotopic (exact) mass is 315 g/mol. The molecule has 0 spiro atoms. The number of carbonyl (C=O) groups is 2. The van der Waals surface area contributed by atoms with Crippen LogP contribution in [0.1, 0.15) is 36.8 Å². The van der Waals surface area contributed by atoms with Gasteiger partial charge < -0.3 is 10.4 Å². The summed E-state index contributed by atoms with van der Waals surface area (Å²) in [5, 5.41) is 11.2. The fourth-order valence-electron chi connectivity index (χ4n) is 2.31. The predicted molar refractivity (Wildman–Crippen MR) is 72.2 cm³/mol. The summed E-state index contributed by atoms with van der Waals surface area (Å²) < 4.78 is 37.6. The molecule has 1 aliphatic rings. The molecule has 0 atom stereocenters. The number of aliphatic carboxylic acids is 1. The lowest BCUT2D eigenvalue weighted by Crippen LogP contribution is -2.32. The average molecular weight is 315 g/mol. The summed E-state index contributed by atoms with van der Waals surface area (Å²) in [6, 6.07) is 4.97. The maximum Gasteiger partial charge on any atom is 0.416 e. The molecule has 1 aromatic carbocycles. The van der Waals surface area contributed by atoms with Crippen molar-refractivity contribution >= 4 is 11.9 Å². The summed E-state index contributed by atoms with van der Waals surface area (Å²) in [6.07, 6.45) is -3.12. The van der Waals surface area contributed by atoms with Gasteiger partial charge in [-0.1, -0.05) is 12.1 Å². The maximum atomic E-state index is 12.5. The highest BCUT2D eigenvalue weighted by Gasteiger charge is 2.44. The Balaban J connectivity index is 1.94. The van der Waals surface area contributed by atoms with Gasteiger partial charge in [0.2, 0.25) is 5.91 Å². The summed E-state index contributed by atoms with van der Waals surface area (Å²) in [6.45, 7) is 0.316. The minimum atomic E-state index is -4.36. The molecular weight excluding hydrogens is 299 g/mol. The fourth-order valence-corrected chi connectivity index (χ4v) is 2.31. The highest BCUT2D eigenvalue weighted by Crippen LogP contribution is 2.48. The predicted octanol–water partition coefficient (Wildman–Crippen LogP) is 2.72. The maximum absolute atomic E-state index is 12.5. The number of carboxylic acid groups (broad SMARTS) is 1. The number of halogens is 3.